The van der Waals surface area contributed by atoms with Gasteiger partial charge in [-0.15, -0.1) is 19.2 Å². The second-order valence-corrected chi connectivity index (χ2v) is 3.86. The minimum absolute atomic E-state index is 0.860. The second kappa shape index (κ2) is 3.83. The highest BCUT2D eigenvalue weighted by Crippen LogP contribution is 2.31. The van der Waals surface area contributed by atoms with E-state index >= 15 is 0 Å². The van der Waals surface area contributed by atoms with Crippen molar-refractivity contribution in [3.63, 3.8) is 0 Å². The van der Waals surface area contributed by atoms with Crippen LogP contribution in [0.15, 0.2) is 22.9 Å². The number of thiophene rings is 1. The Balaban J connectivity index is 2.87. The van der Waals surface area contributed by atoms with E-state index in [1.165, 1.54) is 5.56 Å². The number of allylic oxidation sites excluding steroid dienone is 1. The first-order chi connectivity index (χ1) is 5.27. The molecule has 0 saturated heterocycles. The van der Waals surface area contributed by atoms with Crippen LogP contribution < -0.4 is 4.74 Å². The molecular formula is C8H10OS2. The fraction of sp³-hybridized carbons (Fsp3) is 0.250. The van der Waals surface area contributed by atoms with Crippen LogP contribution in [-0.2, 0) is 6.42 Å². The average Bonchev–Trinajstić information content (AvgIpc) is 2.33. The van der Waals surface area contributed by atoms with Gasteiger partial charge in [0.15, 0.2) is 5.06 Å². The van der Waals surface area contributed by atoms with Crippen LogP contribution >= 0.6 is 24.0 Å². The van der Waals surface area contributed by atoms with Crippen LogP contribution in [0, 0.1) is 0 Å². The molecule has 1 rings (SSSR count). The monoisotopic (exact) mass is 186 g/mol. The molecule has 11 heavy (non-hydrogen) atoms. The summed E-state index contributed by atoms with van der Waals surface area (Å²) in [7, 11) is 1.66. The first-order valence-electron chi connectivity index (χ1n) is 3.24. The van der Waals surface area contributed by atoms with E-state index in [2.05, 4.69) is 19.2 Å². The van der Waals surface area contributed by atoms with Gasteiger partial charge in [-0.25, -0.2) is 0 Å². The van der Waals surface area contributed by atoms with Gasteiger partial charge in [0.2, 0.25) is 0 Å². The number of rotatable bonds is 3. The molecule has 0 aromatic carbocycles. The summed E-state index contributed by atoms with van der Waals surface area (Å²) in [5, 5.41) is 0.909. The van der Waals surface area contributed by atoms with Crippen molar-refractivity contribution in [3.05, 3.63) is 24.3 Å². The van der Waals surface area contributed by atoms with Crippen LogP contribution in [-0.4, -0.2) is 7.11 Å². The Morgan fingerprint density at radius 3 is 3.00 bits per heavy atom. The number of hydrogen-bond acceptors (Lipinski definition) is 3. The normalized spacial score (nSPS) is 9.64. The molecule has 1 aromatic rings. The van der Waals surface area contributed by atoms with Crippen molar-refractivity contribution in [3.8, 4) is 5.06 Å². The maximum atomic E-state index is 5.06. The molecule has 1 heterocycles. The van der Waals surface area contributed by atoms with E-state index in [9.17, 15) is 0 Å². The highest BCUT2D eigenvalue weighted by molar-refractivity contribution is 7.83. The van der Waals surface area contributed by atoms with Crippen molar-refractivity contribution in [1.82, 2.24) is 0 Å². The highest BCUT2D eigenvalue weighted by Gasteiger charge is 2.03. The molecule has 0 fully saturated rings. The third kappa shape index (κ3) is 2.01. The van der Waals surface area contributed by atoms with Crippen molar-refractivity contribution in [2.24, 2.45) is 0 Å². The van der Waals surface area contributed by atoms with Gasteiger partial charge in [0.1, 0.15) is 0 Å². The maximum absolute atomic E-state index is 5.06. The van der Waals surface area contributed by atoms with Gasteiger partial charge >= 0.3 is 0 Å². The van der Waals surface area contributed by atoms with Gasteiger partial charge in [0.25, 0.3) is 0 Å². The van der Waals surface area contributed by atoms with Crippen LogP contribution in [0.1, 0.15) is 5.56 Å². The molecular weight excluding hydrogens is 176 g/mol. The molecule has 0 radical (unpaired) electrons. The highest BCUT2D eigenvalue weighted by atomic mass is 32.2. The quantitative estimate of drug-likeness (QED) is 0.564. The van der Waals surface area contributed by atoms with Gasteiger partial charge in [0.05, 0.1) is 11.3 Å². The van der Waals surface area contributed by atoms with E-state index in [1.807, 2.05) is 12.1 Å². The molecule has 0 aliphatic heterocycles. The second-order valence-electron chi connectivity index (χ2n) is 2.09. The zero-order chi connectivity index (χ0) is 8.27. The van der Waals surface area contributed by atoms with E-state index < -0.39 is 0 Å². The molecule has 3 heteroatoms. The molecule has 1 aromatic heterocycles. The Labute approximate surface area is 76.1 Å². The summed E-state index contributed by atoms with van der Waals surface area (Å²) in [5.74, 6) is 0. The van der Waals surface area contributed by atoms with Crippen molar-refractivity contribution < 1.29 is 4.74 Å². The first kappa shape index (κ1) is 8.68. The van der Waals surface area contributed by atoms with Crippen LogP contribution in [0.5, 0.6) is 5.06 Å². The molecule has 0 saturated carbocycles. The summed E-state index contributed by atoms with van der Waals surface area (Å²) < 4.78 is 6.07. The largest absolute Gasteiger partial charge is 0.487 e. The van der Waals surface area contributed by atoms with Crippen molar-refractivity contribution >= 4 is 24.0 Å². The average molecular weight is 186 g/mol. The lowest BCUT2D eigenvalue weighted by molar-refractivity contribution is 0.427. The summed E-state index contributed by atoms with van der Waals surface area (Å²) in [5.41, 5.74) is 1.19. The minimum Gasteiger partial charge on any atom is -0.487 e. The molecule has 0 aliphatic rings. The third-order valence-electron chi connectivity index (χ3n) is 1.33. The lowest BCUT2D eigenvalue weighted by Crippen LogP contribution is -1.77. The Morgan fingerprint density at radius 2 is 2.55 bits per heavy atom. The summed E-state index contributed by atoms with van der Waals surface area (Å²) in [6.07, 6.45) is 2.72. The number of thiol groups is 1. The van der Waals surface area contributed by atoms with Gasteiger partial charge in [-0.2, -0.15) is 0 Å². The molecule has 0 unspecified atom stereocenters. The zero-order valence-corrected chi connectivity index (χ0v) is 8.04. The lowest BCUT2D eigenvalue weighted by Gasteiger charge is -1.89. The zero-order valence-electron chi connectivity index (χ0n) is 6.33. The number of ether oxygens (including phenoxy) is 1. The molecule has 0 N–H and O–H groups in total. The van der Waals surface area contributed by atoms with Crippen LogP contribution in [0.3, 0.4) is 0 Å². The summed E-state index contributed by atoms with van der Waals surface area (Å²) >= 11 is 5.85. The van der Waals surface area contributed by atoms with Gasteiger partial charge in [0, 0.05) is 0 Å². The molecule has 1 nitrogen and oxygen atoms in total. The Kier molecular flexibility index (Phi) is 3.02. The molecule has 0 amide bonds. The number of methoxy groups -OCH3 is 1. The summed E-state index contributed by atoms with van der Waals surface area (Å²) in [6, 6.07) is 1.99. The van der Waals surface area contributed by atoms with Gasteiger partial charge in [-0.3, -0.25) is 0 Å². The fourth-order valence-electron chi connectivity index (χ4n) is 0.797. The standard InChI is InChI=1S/C8H10OS2/c1-3-4-6-5-7(9-2)11-8(6)10/h3,5,10H,1,4H2,2H3. The molecule has 0 atom stereocenters. The summed E-state index contributed by atoms with van der Waals surface area (Å²) in [6.45, 7) is 3.66. The van der Waals surface area contributed by atoms with Crippen LogP contribution in [0.2, 0.25) is 0 Å². The van der Waals surface area contributed by atoms with Gasteiger partial charge in [-0.1, -0.05) is 17.4 Å². The topological polar surface area (TPSA) is 9.23 Å². The smallest absolute Gasteiger partial charge is 0.174 e. The third-order valence-corrected chi connectivity index (χ3v) is 2.83. The Bertz CT molecular complexity index is 253. The Morgan fingerprint density at radius 1 is 1.82 bits per heavy atom. The van der Waals surface area contributed by atoms with E-state index in [-0.39, 0.29) is 0 Å². The van der Waals surface area contributed by atoms with E-state index in [0.29, 0.717) is 0 Å². The minimum atomic E-state index is 0.860. The molecule has 0 spiro atoms. The van der Waals surface area contributed by atoms with E-state index in [1.54, 1.807) is 18.4 Å². The van der Waals surface area contributed by atoms with Gasteiger partial charge in [-0.05, 0) is 18.1 Å². The predicted molar refractivity (Wildman–Crippen MR) is 52.0 cm³/mol. The molecule has 0 aliphatic carbocycles. The Hall–Kier alpha value is -0.410. The fourth-order valence-corrected chi connectivity index (χ4v) is 1.97. The van der Waals surface area contributed by atoms with E-state index in [4.69, 9.17) is 4.74 Å². The van der Waals surface area contributed by atoms with Crippen LogP contribution in [0.25, 0.3) is 0 Å². The first-order valence-corrected chi connectivity index (χ1v) is 4.51. The van der Waals surface area contributed by atoms with Crippen molar-refractivity contribution in [2.75, 3.05) is 7.11 Å². The number of hydrogen-bond donors (Lipinski definition) is 1. The van der Waals surface area contributed by atoms with E-state index in [0.717, 1.165) is 15.7 Å². The van der Waals surface area contributed by atoms with Gasteiger partial charge < -0.3 is 4.74 Å². The molecule has 60 valence electrons. The van der Waals surface area contributed by atoms with Crippen molar-refractivity contribution in [2.45, 2.75) is 10.6 Å². The lowest BCUT2D eigenvalue weighted by atomic mass is 10.2. The predicted octanol–water partition coefficient (Wildman–Crippen LogP) is 2.77. The SMILES string of the molecule is C=CCc1cc(OC)sc1S. The van der Waals surface area contributed by atoms with Crippen LogP contribution in [0.4, 0.5) is 0 Å². The van der Waals surface area contributed by atoms with Crippen molar-refractivity contribution in [1.29, 1.82) is 0 Å². The molecule has 0 bridgehead atoms. The maximum Gasteiger partial charge on any atom is 0.174 e. The summed E-state index contributed by atoms with van der Waals surface area (Å²) in [4.78, 5) is 0.